The van der Waals surface area contributed by atoms with E-state index in [1.54, 1.807) is 0 Å². The second-order valence-corrected chi connectivity index (χ2v) is 4.70. The van der Waals surface area contributed by atoms with Crippen LogP contribution >= 0.6 is 0 Å². The van der Waals surface area contributed by atoms with Gasteiger partial charge in [-0.2, -0.15) is 5.10 Å². The molecule has 1 aliphatic heterocycles. The Bertz CT molecular complexity index is 369. The molecule has 1 fully saturated rings. The first-order valence-electron chi connectivity index (χ1n) is 6.20. The quantitative estimate of drug-likeness (QED) is 0.833. The Morgan fingerprint density at radius 1 is 1.44 bits per heavy atom. The van der Waals surface area contributed by atoms with Crippen molar-refractivity contribution in [3.8, 4) is 0 Å². The lowest BCUT2D eigenvalue weighted by Crippen LogP contribution is -2.40. The van der Waals surface area contributed by atoms with Gasteiger partial charge in [0.2, 0.25) is 0 Å². The smallest absolute Gasteiger partial charge is 0.150 e. The van der Waals surface area contributed by atoms with Gasteiger partial charge in [0, 0.05) is 19.6 Å². The lowest BCUT2D eigenvalue weighted by molar-refractivity contribution is 0.441. The number of nitrogen functional groups attached to an aromatic ring is 1. The van der Waals surface area contributed by atoms with Crippen molar-refractivity contribution < 1.29 is 0 Å². The highest BCUT2D eigenvalue weighted by Crippen LogP contribution is 2.31. The van der Waals surface area contributed by atoms with Gasteiger partial charge in [0.15, 0.2) is 5.82 Å². The topological polar surface area (TPSA) is 47.1 Å². The van der Waals surface area contributed by atoms with E-state index in [1.165, 1.54) is 25.7 Å². The van der Waals surface area contributed by atoms with Crippen molar-refractivity contribution in [2.45, 2.75) is 45.6 Å². The average molecular weight is 222 g/mol. The van der Waals surface area contributed by atoms with Gasteiger partial charge >= 0.3 is 0 Å². The summed E-state index contributed by atoms with van der Waals surface area (Å²) in [5, 5.41) is 4.40. The Labute approximate surface area is 97.4 Å². The highest BCUT2D eigenvalue weighted by molar-refractivity contribution is 5.66. The highest BCUT2D eigenvalue weighted by atomic mass is 15.4. The third-order valence-electron chi connectivity index (χ3n) is 3.61. The third kappa shape index (κ3) is 1.77. The molecule has 0 spiro atoms. The number of anilines is 2. The predicted octanol–water partition coefficient (Wildman–Crippen LogP) is 2.08. The van der Waals surface area contributed by atoms with E-state index in [4.69, 9.17) is 5.73 Å². The van der Waals surface area contributed by atoms with Crippen molar-refractivity contribution in [2.24, 2.45) is 7.05 Å². The van der Waals surface area contributed by atoms with Crippen LogP contribution in [0.3, 0.4) is 0 Å². The van der Waals surface area contributed by atoms with Crippen molar-refractivity contribution in [3.63, 3.8) is 0 Å². The molecule has 1 saturated heterocycles. The van der Waals surface area contributed by atoms with Crippen LogP contribution < -0.4 is 10.6 Å². The maximum absolute atomic E-state index is 6.13. The molecule has 0 aliphatic carbocycles. The third-order valence-corrected chi connectivity index (χ3v) is 3.61. The molecule has 1 aromatic rings. The number of piperidine rings is 1. The highest BCUT2D eigenvalue weighted by Gasteiger charge is 2.25. The lowest BCUT2D eigenvalue weighted by atomic mass is 10.00. The number of aromatic nitrogens is 2. The zero-order chi connectivity index (χ0) is 11.7. The SMILES string of the molecule is CCC1CCCCN1c1c(N)c(C)nn1C. The first-order chi connectivity index (χ1) is 7.65. The first kappa shape index (κ1) is 11.3. The Kier molecular flexibility index (Phi) is 3.08. The number of aryl methyl sites for hydroxylation is 2. The number of nitrogens with two attached hydrogens (primary N) is 1. The number of nitrogens with zero attached hydrogens (tertiary/aromatic N) is 3. The minimum Gasteiger partial charge on any atom is -0.394 e. The summed E-state index contributed by atoms with van der Waals surface area (Å²) in [4.78, 5) is 2.44. The maximum Gasteiger partial charge on any atom is 0.150 e. The lowest BCUT2D eigenvalue weighted by Gasteiger charge is -2.37. The number of hydrogen-bond acceptors (Lipinski definition) is 3. The van der Waals surface area contributed by atoms with Crippen LogP contribution in [-0.2, 0) is 7.05 Å². The number of rotatable bonds is 2. The van der Waals surface area contributed by atoms with Gasteiger partial charge in [0.05, 0.1) is 11.4 Å². The molecular weight excluding hydrogens is 200 g/mol. The maximum atomic E-state index is 6.13. The molecule has 0 radical (unpaired) electrons. The van der Waals surface area contributed by atoms with Crippen LogP contribution in [0.15, 0.2) is 0 Å². The van der Waals surface area contributed by atoms with Gasteiger partial charge in [-0.3, -0.25) is 4.68 Å². The zero-order valence-corrected chi connectivity index (χ0v) is 10.5. The van der Waals surface area contributed by atoms with Crippen molar-refractivity contribution in [1.82, 2.24) is 9.78 Å². The van der Waals surface area contributed by atoms with Gasteiger partial charge in [0.1, 0.15) is 0 Å². The Hall–Kier alpha value is -1.19. The zero-order valence-electron chi connectivity index (χ0n) is 10.5. The fourth-order valence-corrected chi connectivity index (χ4v) is 2.71. The molecule has 2 heterocycles. The molecular formula is C12H22N4. The summed E-state index contributed by atoms with van der Waals surface area (Å²) in [5.74, 6) is 1.11. The van der Waals surface area contributed by atoms with E-state index >= 15 is 0 Å². The minimum absolute atomic E-state index is 0.630. The molecule has 2 rings (SSSR count). The van der Waals surface area contributed by atoms with E-state index < -0.39 is 0 Å². The Balaban J connectivity index is 2.34. The fourth-order valence-electron chi connectivity index (χ4n) is 2.71. The summed E-state index contributed by atoms with van der Waals surface area (Å²) in [6.45, 7) is 5.34. The molecule has 2 N–H and O–H groups in total. The molecule has 0 saturated carbocycles. The molecule has 16 heavy (non-hydrogen) atoms. The van der Waals surface area contributed by atoms with Crippen molar-refractivity contribution in [2.75, 3.05) is 17.2 Å². The second-order valence-electron chi connectivity index (χ2n) is 4.70. The summed E-state index contributed by atoms with van der Waals surface area (Å²) in [6.07, 6.45) is 5.07. The van der Waals surface area contributed by atoms with E-state index in [1.807, 2.05) is 18.7 Å². The summed E-state index contributed by atoms with van der Waals surface area (Å²) >= 11 is 0. The Morgan fingerprint density at radius 3 is 2.75 bits per heavy atom. The van der Waals surface area contributed by atoms with Crippen LogP contribution in [0.25, 0.3) is 0 Å². The summed E-state index contributed by atoms with van der Waals surface area (Å²) in [6, 6.07) is 0.630. The van der Waals surface area contributed by atoms with Crippen LogP contribution in [0.2, 0.25) is 0 Å². The predicted molar refractivity (Wildman–Crippen MR) is 67.6 cm³/mol. The van der Waals surface area contributed by atoms with E-state index in [0.717, 1.165) is 23.7 Å². The van der Waals surface area contributed by atoms with Gasteiger partial charge < -0.3 is 10.6 Å². The molecule has 0 aromatic carbocycles. The minimum atomic E-state index is 0.630. The molecule has 1 atom stereocenters. The monoisotopic (exact) mass is 222 g/mol. The summed E-state index contributed by atoms with van der Waals surface area (Å²) < 4.78 is 1.93. The van der Waals surface area contributed by atoms with Crippen LogP contribution in [0.4, 0.5) is 11.5 Å². The Morgan fingerprint density at radius 2 is 2.19 bits per heavy atom. The van der Waals surface area contributed by atoms with Gasteiger partial charge in [-0.05, 0) is 32.6 Å². The normalized spacial score (nSPS) is 21.4. The van der Waals surface area contributed by atoms with Crippen molar-refractivity contribution in [3.05, 3.63) is 5.69 Å². The molecule has 1 aliphatic rings. The molecule has 90 valence electrons. The average Bonchev–Trinajstić information content (AvgIpc) is 2.53. The standard InChI is InChI=1S/C12H22N4/c1-4-10-7-5-6-8-16(10)12-11(13)9(2)14-15(12)3/h10H,4-8,13H2,1-3H3. The first-order valence-corrected chi connectivity index (χ1v) is 6.20. The molecule has 1 aromatic heterocycles. The van der Waals surface area contributed by atoms with E-state index in [2.05, 4.69) is 16.9 Å². The van der Waals surface area contributed by atoms with Crippen molar-refractivity contribution in [1.29, 1.82) is 0 Å². The van der Waals surface area contributed by atoms with E-state index in [9.17, 15) is 0 Å². The van der Waals surface area contributed by atoms with Crippen LogP contribution in [0.1, 0.15) is 38.3 Å². The number of hydrogen-bond donors (Lipinski definition) is 1. The fraction of sp³-hybridized carbons (Fsp3) is 0.750. The summed E-state index contributed by atoms with van der Waals surface area (Å²) in [5.41, 5.74) is 7.92. The van der Waals surface area contributed by atoms with Crippen molar-refractivity contribution >= 4 is 11.5 Å². The molecule has 4 heteroatoms. The van der Waals surface area contributed by atoms with E-state index in [0.29, 0.717) is 6.04 Å². The van der Waals surface area contributed by atoms with Crippen LogP contribution in [0, 0.1) is 6.92 Å². The van der Waals surface area contributed by atoms with Crippen LogP contribution in [-0.4, -0.2) is 22.4 Å². The molecule has 0 bridgehead atoms. The summed E-state index contributed by atoms with van der Waals surface area (Å²) in [7, 11) is 1.99. The second kappa shape index (κ2) is 4.36. The molecule has 4 nitrogen and oxygen atoms in total. The van der Waals surface area contributed by atoms with Gasteiger partial charge in [0.25, 0.3) is 0 Å². The van der Waals surface area contributed by atoms with Gasteiger partial charge in [-0.1, -0.05) is 6.92 Å². The van der Waals surface area contributed by atoms with Gasteiger partial charge in [-0.25, -0.2) is 0 Å². The van der Waals surface area contributed by atoms with Gasteiger partial charge in [-0.15, -0.1) is 0 Å². The largest absolute Gasteiger partial charge is 0.394 e. The van der Waals surface area contributed by atoms with E-state index in [-0.39, 0.29) is 0 Å². The molecule has 1 unspecified atom stereocenters. The van der Waals surface area contributed by atoms with Crippen LogP contribution in [0.5, 0.6) is 0 Å². The molecule has 0 amide bonds.